The Morgan fingerprint density at radius 2 is 2.08 bits per heavy atom. The zero-order chi connectivity index (χ0) is 18.9. The van der Waals surface area contributed by atoms with Gasteiger partial charge in [0.2, 0.25) is 0 Å². The van der Waals surface area contributed by atoms with Crippen molar-refractivity contribution in [2.45, 2.75) is 50.9 Å². The number of likely N-dealkylation sites (N-methyl/N-ethyl adjacent to an activating group) is 1. The molecule has 8 heteroatoms. The van der Waals surface area contributed by atoms with Crippen molar-refractivity contribution in [1.29, 1.82) is 0 Å². The highest BCUT2D eigenvalue weighted by Crippen LogP contribution is 2.21. The van der Waals surface area contributed by atoms with Crippen LogP contribution in [-0.4, -0.2) is 93.5 Å². The topological polar surface area (TPSA) is 83.1 Å². The van der Waals surface area contributed by atoms with Crippen LogP contribution >= 0.6 is 0 Å². The van der Waals surface area contributed by atoms with Gasteiger partial charge in [0.15, 0.2) is 0 Å². The summed E-state index contributed by atoms with van der Waals surface area (Å²) in [5, 5.41) is 6.96. The highest BCUT2D eigenvalue weighted by Gasteiger charge is 2.35. The van der Waals surface area contributed by atoms with E-state index in [0.29, 0.717) is 13.2 Å². The number of esters is 2. The van der Waals surface area contributed by atoms with Crippen LogP contribution in [0.15, 0.2) is 0 Å². The molecular weight excluding hydrogens is 336 g/mol. The lowest BCUT2D eigenvalue weighted by Crippen LogP contribution is -2.64. The summed E-state index contributed by atoms with van der Waals surface area (Å²) in [6, 6.07) is 0.551. The number of rotatable bonds is 8. The smallest absolute Gasteiger partial charge is 0.319 e. The summed E-state index contributed by atoms with van der Waals surface area (Å²) < 4.78 is 9.81. The largest absolute Gasteiger partial charge is 0.468 e. The molecule has 2 fully saturated rings. The number of hydrogen-bond acceptors (Lipinski definition) is 8. The Labute approximate surface area is 156 Å². The Balaban J connectivity index is 1.91. The number of methoxy groups -OCH3 is 1. The first-order chi connectivity index (χ1) is 12.5. The molecule has 0 aromatic carbocycles. The number of likely N-dealkylation sites (tertiary alicyclic amines) is 1. The van der Waals surface area contributed by atoms with Crippen molar-refractivity contribution in [1.82, 2.24) is 20.4 Å². The Bertz CT molecular complexity index is 462. The number of carbonyl (C=O) groups is 2. The Hall–Kier alpha value is -1.22. The van der Waals surface area contributed by atoms with Crippen LogP contribution in [0.1, 0.15) is 32.6 Å². The molecule has 2 saturated heterocycles. The summed E-state index contributed by atoms with van der Waals surface area (Å²) in [7, 11) is 3.42. The molecule has 3 unspecified atom stereocenters. The zero-order valence-electron chi connectivity index (χ0n) is 16.3. The Morgan fingerprint density at radius 1 is 1.27 bits per heavy atom. The van der Waals surface area contributed by atoms with Crippen molar-refractivity contribution in [3.8, 4) is 0 Å². The maximum absolute atomic E-state index is 11.7. The number of carbonyl (C=O) groups excluding carboxylic acids is 2. The quantitative estimate of drug-likeness (QED) is 0.568. The first-order valence-corrected chi connectivity index (χ1v) is 9.68. The molecule has 26 heavy (non-hydrogen) atoms. The minimum Gasteiger partial charge on any atom is -0.468 e. The minimum absolute atomic E-state index is 0.198. The van der Waals surface area contributed by atoms with Crippen molar-refractivity contribution in [2.75, 3.05) is 53.5 Å². The van der Waals surface area contributed by atoms with E-state index in [1.807, 2.05) is 14.0 Å². The number of piperidine rings is 2. The molecule has 0 saturated carbocycles. The van der Waals surface area contributed by atoms with E-state index in [1.54, 1.807) is 0 Å². The molecule has 3 atom stereocenters. The average Bonchev–Trinajstić information content (AvgIpc) is 2.66. The van der Waals surface area contributed by atoms with E-state index in [4.69, 9.17) is 9.47 Å². The maximum Gasteiger partial charge on any atom is 0.319 e. The monoisotopic (exact) mass is 370 g/mol. The van der Waals surface area contributed by atoms with Gasteiger partial charge in [0.05, 0.1) is 33.0 Å². The fourth-order valence-electron chi connectivity index (χ4n) is 3.94. The molecule has 0 aliphatic carbocycles. The highest BCUT2D eigenvalue weighted by atomic mass is 16.5. The first kappa shape index (κ1) is 21.1. The van der Waals surface area contributed by atoms with Crippen molar-refractivity contribution in [3.63, 3.8) is 0 Å². The molecule has 0 bridgehead atoms. The van der Waals surface area contributed by atoms with Gasteiger partial charge in [0.1, 0.15) is 0 Å². The molecule has 2 rings (SSSR count). The van der Waals surface area contributed by atoms with E-state index in [-0.39, 0.29) is 36.7 Å². The molecular formula is C18H34N4O4. The van der Waals surface area contributed by atoms with Gasteiger partial charge in [-0.1, -0.05) is 0 Å². The van der Waals surface area contributed by atoms with E-state index >= 15 is 0 Å². The first-order valence-electron chi connectivity index (χ1n) is 9.68. The standard InChI is InChI=1S/C18H34N4O4/c1-4-26-16(23)11-20-14-7-6-10-22(12-14)18-15(8-5-9-19-18)21(2)13-17(24)25-3/h14-15,18-20H,4-13H2,1-3H3. The molecule has 0 spiro atoms. The Morgan fingerprint density at radius 3 is 2.81 bits per heavy atom. The number of nitrogens with zero attached hydrogens (tertiary/aromatic N) is 2. The molecule has 2 N–H and O–H groups in total. The fourth-order valence-corrected chi connectivity index (χ4v) is 3.94. The summed E-state index contributed by atoms with van der Waals surface area (Å²) in [5.41, 5.74) is 0. The van der Waals surface area contributed by atoms with Crippen molar-refractivity contribution in [3.05, 3.63) is 0 Å². The van der Waals surface area contributed by atoms with E-state index in [1.165, 1.54) is 7.11 Å². The van der Waals surface area contributed by atoms with E-state index in [0.717, 1.165) is 45.3 Å². The van der Waals surface area contributed by atoms with Crippen LogP contribution in [0.5, 0.6) is 0 Å². The Kier molecular flexibility index (Phi) is 8.77. The summed E-state index contributed by atoms with van der Waals surface area (Å²) >= 11 is 0. The third-order valence-electron chi connectivity index (χ3n) is 5.25. The lowest BCUT2D eigenvalue weighted by molar-refractivity contribution is -0.143. The van der Waals surface area contributed by atoms with Gasteiger partial charge in [-0.15, -0.1) is 0 Å². The van der Waals surface area contributed by atoms with Crippen LogP contribution in [0, 0.1) is 0 Å². The molecule has 2 heterocycles. The van der Waals surface area contributed by atoms with Crippen molar-refractivity contribution >= 4 is 11.9 Å². The van der Waals surface area contributed by atoms with E-state index in [2.05, 4.69) is 20.4 Å². The second kappa shape index (κ2) is 10.8. The van der Waals surface area contributed by atoms with Gasteiger partial charge in [-0.2, -0.15) is 0 Å². The average molecular weight is 370 g/mol. The lowest BCUT2D eigenvalue weighted by atomic mass is 9.97. The third kappa shape index (κ3) is 6.19. The number of hydrogen-bond donors (Lipinski definition) is 2. The molecule has 0 aromatic rings. The lowest BCUT2D eigenvalue weighted by Gasteiger charge is -2.46. The molecule has 0 amide bonds. The zero-order valence-corrected chi connectivity index (χ0v) is 16.3. The van der Waals surface area contributed by atoms with Gasteiger partial charge in [0, 0.05) is 18.6 Å². The summed E-state index contributed by atoms with van der Waals surface area (Å²) in [5.74, 6) is -0.402. The SMILES string of the molecule is CCOC(=O)CNC1CCCN(C2NCCCC2N(C)CC(=O)OC)C1. The minimum atomic E-state index is -0.204. The fraction of sp³-hybridized carbons (Fsp3) is 0.889. The predicted molar refractivity (Wildman–Crippen MR) is 98.7 cm³/mol. The third-order valence-corrected chi connectivity index (χ3v) is 5.25. The van der Waals surface area contributed by atoms with Gasteiger partial charge in [-0.25, -0.2) is 0 Å². The van der Waals surface area contributed by atoms with Gasteiger partial charge in [-0.3, -0.25) is 19.4 Å². The molecule has 0 aromatic heterocycles. The van der Waals surface area contributed by atoms with Crippen LogP contribution in [0.25, 0.3) is 0 Å². The second-order valence-corrected chi connectivity index (χ2v) is 7.12. The molecule has 150 valence electrons. The molecule has 0 radical (unpaired) electrons. The van der Waals surface area contributed by atoms with Gasteiger partial charge in [-0.05, 0) is 52.7 Å². The van der Waals surface area contributed by atoms with Gasteiger partial charge < -0.3 is 20.1 Å². The molecule has 2 aliphatic rings. The van der Waals surface area contributed by atoms with E-state index in [9.17, 15) is 9.59 Å². The summed E-state index contributed by atoms with van der Waals surface area (Å²) in [6.07, 6.45) is 4.52. The van der Waals surface area contributed by atoms with Crippen LogP contribution in [-0.2, 0) is 19.1 Å². The summed E-state index contributed by atoms with van der Waals surface area (Å²) in [6.45, 7) is 5.70. The van der Waals surface area contributed by atoms with Crippen LogP contribution < -0.4 is 10.6 Å². The predicted octanol–water partition coefficient (Wildman–Crippen LogP) is -0.214. The summed E-state index contributed by atoms with van der Waals surface area (Å²) in [4.78, 5) is 27.8. The number of nitrogens with one attached hydrogen (secondary N) is 2. The number of ether oxygens (including phenoxy) is 2. The van der Waals surface area contributed by atoms with Crippen molar-refractivity contribution < 1.29 is 19.1 Å². The normalized spacial score (nSPS) is 27.3. The van der Waals surface area contributed by atoms with Crippen LogP contribution in [0.4, 0.5) is 0 Å². The molecule has 8 nitrogen and oxygen atoms in total. The van der Waals surface area contributed by atoms with Gasteiger partial charge in [0.25, 0.3) is 0 Å². The van der Waals surface area contributed by atoms with E-state index < -0.39 is 0 Å². The van der Waals surface area contributed by atoms with Crippen molar-refractivity contribution in [2.24, 2.45) is 0 Å². The maximum atomic E-state index is 11.7. The van der Waals surface area contributed by atoms with Gasteiger partial charge >= 0.3 is 11.9 Å². The molecule has 2 aliphatic heterocycles. The van der Waals surface area contributed by atoms with Crippen LogP contribution in [0.3, 0.4) is 0 Å². The van der Waals surface area contributed by atoms with Crippen LogP contribution in [0.2, 0.25) is 0 Å². The second-order valence-electron chi connectivity index (χ2n) is 7.12. The highest BCUT2D eigenvalue weighted by molar-refractivity contribution is 5.71.